The SMILES string of the molecule is NC1CCCCC1N(Cc1cc(NC(=O)c2ccc(F)cc2)ccc1Cl)C(=O)c1cccc(F)c1. The first kappa shape index (κ1) is 24.8. The zero-order valence-corrected chi connectivity index (χ0v) is 19.8. The summed E-state index contributed by atoms with van der Waals surface area (Å²) in [5.41, 5.74) is 8.04. The van der Waals surface area contributed by atoms with Crippen molar-refractivity contribution in [1.82, 2.24) is 4.90 Å². The first-order chi connectivity index (χ1) is 16.8. The highest BCUT2D eigenvalue weighted by Gasteiger charge is 2.32. The Morgan fingerprint density at radius 1 is 0.943 bits per heavy atom. The van der Waals surface area contributed by atoms with Gasteiger partial charge in [-0.2, -0.15) is 0 Å². The average molecular weight is 498 g/mol. The van der Waals surface area contributed by atoms with Crippen molar-refractivity contribution in [3.63, 3.8) is 0 Å². The summed E-state index contributed by atoms with van der Waals surface area (Å²) in [4.78, 5) is 27.7. The van der Waals surface area contributed by atoms with Gasteiger partial charge in [0.2, 0.25) is 0 Å². The Morgan fingerprint density at radius 2 is 1.69 bits per heavy atom. The van der Waals surface area contributed by atoms with E-state index in [0.717, 1.165) is 25.7 Å². The highest BCUT2D eigenvalue weighted by atomic mass is 35.5. The van der Waals surface area contributed by atoms with E-state index in [9.17, 15) is 18.4 Å². The largest absolute Gasteiger partial charge is 0.330 e. The van der Waals surface area contributed by atoms with Crippen molar-refractivity contribution in [2.75, 3.05) is 5.32 Å². The Hall–Kier alpha value is -3.29. The summed E-state index contributed by atoms with van der Waals surface area (Å²) >= 11 is 6.48. The highest BCUT2D eigenvalue weighted by molar-refractivity contribution is 6.31. The van der Waals surface area contributed by atoms with Gasteiger partial charge in [-0.05, 0) is 79.1 Å². The van der Waals surface area contributed by atoms with E-state index in [1.54, 1.807) is 29.2 Å². The number of benzene rings is 3. The zero-order valence-electron chi connectivity index (χ0n) is 19.0. The molecule has 1 aliphatic carbocycles. The van der Waals surface area contributed by atoms with Gasteiger partial charge in [-0.25, -0.2) is 8.78 Å². The van der Waals surface area contributed by atoms with Crippen molar-refractivity contribution in [1.29, 1.82) is 0 Å². The van der Waals surface area contributed by atoms with E-state index in [-0.39, 0.29) is 30.1 Å². The van der Waals surface area contributed by atoms with Gasteiger partial charge < -0.3 is 16.0 Å². The molecule has 2 amide bonds. The summed E-state index contributed by atoms with van der Waals surface area (Å²) in [6.07, 6.45) is 3.46. The number of halogens is 3. The first-order valence-electron chi connectivity index (χ1n) is 11.5. The van der Waals surface area contributed by atoms with Crippen LogP contribution in [0.3, 0.4) is 0 Å². The molecule has 2 atom stereocenters. The van der Waals surface area contributed by atoms with E-state index in [1.807, 2.05) is 0 Å². The number of carbonyl (C=O) groups is 2. The summed E-state index contributed by atoms with van der Waals surface area (Å²) < 4.78 is 27.0. The molecular formula is C27H26ClF2N3O2. The smallest absolute Gasteiger partial charge is 0.255 e. The van der Waals surface area contributed by atoms with E-state index in [0.29, 0.717) is 21.8 Å². The molecule has 0 spiro atoms. The second-order valence-corrected chi connectivity index (χ2v) is 9.13. The van der Waals surface area contributed by atoms with Gasteiger partial charge in [0.15, 0.2) is 0 Å². The molecular weight excluding hydrogens is 472 g/mol. The number of hydrogen-bond acceptors (Lipinski definition) is 3. The molecule has 0 heterocycles. The molecule has 0 bridgehead atoms. The molecule has 0 aromatic heterocycles. The Morgan fingerprint density at radius 3 is 2.40 bits per heavy atom. The molecule has 3 aromatic carbocycles. The number of hydrogen-bond donors (Lipinski definition) is 2. The normalized spacial score (nSPS) is 17.6. The molecule has 3 aromatic rings. The average Bonchev–Trinajstić information content (AvgIpc) is 2.85. The third-order valence-corrected chi connectivity index (χ3v) is 6.63. The number of rotatable bonds is 6. The maximum absolute atomic E-state index is 13.9. The minimum Gasteiger partial charge on any atom is -0.330 e. The third-order valence-electron chi connectivity index (χ3n) is 6.27. The molecule has 182 valence electrons. The predicted octanol–water partition coefficient (Wildman–Crippen LogP) is 5.78. The lowest BCUT2D eigenvalue weighted by Crippen LogP contribution is -2.51. The van der Waals surface area contributed by atoms with Crippen molar-refractivity contribution >= 4 is 29.1 Å². The molecule has 35 heavy (non-hydrogen) atoms. The van der Waals surface area contributed by atoms with Crippen LogP contribution in [-0.2, 0) is 6.54 Å². The highest BCUT2D eigenvalue weighted by Crippen LogP contribution is 2.29. The molecule has 4 rings (SSSR count). The Balaban J connectivity index is 1.61. The molecule has 8 heteroatoms. The molecule has 0 saturated heterocycles. The van der Waals surface area contributed by atoms with Crippen molar-refractivity contribution in [2.45, 2.75) is 44.3 Å². The Kier molecular flexibility index (Phi) is 7.78. The Labute approximate surface area is 207 Å². The van der Waals surface area contributed by atoms with E-state index in [2.05, 4.69) is 5.32 Å². The summed E-state index contributed by atoms with van der Waals surface area (Å²) in [5, 5.41) is 3.20. The van der Waals surface area contributed by atoms with Crippen LogP contribution in [0, 0.1) is 11.6 Å². The van der Waals surface area contributed by atoms with Crippen LogP contribution in [-0.4, -0.2) is 28.8 Å². The van der Waals surface area contributed by atoms with E-state index in [1.165, 1.54) is 42.5 Å². The zero-order chi connectivity index (χ0) is 24.9. The lowest BCUT2D eigenvalue weighted by molar-refractivity contribution is 0.0583. The van der Waals surface area contributed by atoms with Gasteiger partial charge in [0, 0.05) is 40.5 Å². The minimum atomic E-state index is -0.493. The van der Waals surface area contributed by atoms with Crippen molar-refractivity contribution < 1.29 is 18.4 Å². The first-order valence-corrected chi connectivity index (χ1v) is 11.9. The molecule has 1 aliphatic rings. The van der Waals surface area contributed by atoms with Crippen molar-refractivity contribution in [2.24, 2.45) is 5.73 Å². The quantitative estimate of drug-likeness (QED) is 0.453. The maximum Gasteiger partial charge on any atom is 0.255 e. The van der Waals surface area contributed by atoms with Crippen LogP contribution in [0.2, 0.25) is 5.02 Å². The number of nitrogens with zero attached hydrogens (tertiary/aromatic N) is 1. The number of carbonyl (C=O) groups excluding carboxylic acids is 2. The maximum atomic E-state index is 13.9. The van der Waals surface area contributed by atoms with E-state index >= 15 is 0 Å². The van der Waals surface area contributed by atoms with Gasteiger partial charge >= 0.3 is 0 Å². The standard InChI is InChI=1S/C27H26ClF2N3O2/c28-23-13-12-22(32-26(34)17-8-10-20(29)11-9-17)15-19(23)16-33(25-7-2-1-6-24(25)31)27(35)18-4-3-5-21(30)14-18/h3-5,8-15,24-25H,1-2,6-7,16,31H2,(H,32,34). The fourth-order valence-electron chi connectivity index (χ4n) is 4.42. The topological polar surface area (TPSA) is 75.4 Å². The number of nitrogens with two attached hydrogens (primary N) is 1. The van der Waals surface area contributed by atoms with Crippen LogP contribution >= 0.6 is 11.6 Å². The van der Waals surface area contributed by atoms with Crippen LogP contribution in [0.5, 0.6) is 0 Å². The number of nitrogens with one attached hydrogen (secondary N) is 1. The minimum absolute atomic E-state index is 0.146. The summed E-state index contributed by atoms with van der Waals surface area (Å²) in [5.74, 6) is -1.66. The number of anilines is 1. The predicted molar refractivity (Wildman–Crippen MR) is 132 cm³/mol. The lowest BCUT2D eigenvalue weighted by Gasteiger charge is -2.38. The van der Waals surface area contributed by atoms with Gasteiger partial charge in [-0.1, -0.05) is 30.5 Å². The van der Waals surface area contributed by atoms with Gasteiger partial charge in [0.1, 0.15) is 11.6 Å². The molecule has 3 N–H and O–H groups in total. The molecule has 1 fully saturated rings. The van der Waals surface area contributed by atoms with Crippen molar-refractivity contribution in [3.05, 3.63) is 100 Å². The summed E-state index contributed by atoms with van der Waals surface area (Å²) in [6.45, 7) is 0.146. The summed E-state index contributed by atoms with van der Waals surface area (Å²) in [6, 6.07) is 15.4. The van der Waals surface area contributed by atoms with E-state index in [4.69, 9.17) is 17.3 Å². The lowest BCUT2D eigenvalue weighted by atomic mass is 9.89. The van der Waals surface area contributed by atoms with Crippen LogP contribution in [0.15, 0.2) is 66.7 Å². The van der Waals surface area contributed by atoms with Crippen LogP contribution < -0.4 is 11.1 Å². The number of amides is 2. The van der Waals surface area contributed by atoms with Gasteiger partial charge in [0.25, 0.3) is 11.8 Å². The molecule has 5 nitrogen and oxygen atoms in total. The molecule has 1 saturated carbocycles. The fraction of sp³-hybridized carbons (Fsp3) is 0.259. The Bertz CT molecular complexity index is 1220. The molecule has 0 aliphatic heterocycles. The summed E-state index contributed by atoms with van der Waals surface area (Å²) in [7, 11) is 0. The third kappa shape index (κ3) is 6.05. The van der Waals surface area contributed by atoms with Crippen molar-refractivity contribution in [3.8, 4) is 0 Å². The fourth-order valence-corrected chi connectivity index (χ4v) is 4.59. The van der Waals surface area contributed by atoms with E-state index < -0.39 is 17.5 Å². The second kappa shape index (κ2) is 11.0. The molecule has 0 radical (unpaired) electrons. The van der Waals surface area contributed by atoms with Crippen LogP contribution in [0.1, 0.15) is 52.0 Å². The van der Waals surface area contributed by atoms with Gasteiger partial charge in [0.05, 0.1) is 0 Å². The van der Waals surface area contributed by atoms with Crippen LogP contribution in [0.25, 0.3) is 0 Å². The van der Waals surface area contributed by atoms with Gasteiger partial charge in [-0.3, -0.25) is 9.59 Å². The van der Waals surface area contributed by atoms with Crippen LogP contribution in [0.4, 0.5) is 14.5 Å². The monoisotopic (exact) mass is 497 g/mol. The molecule has 2 unspecified atom stereocenters. The second-order valence-electron chi connectivity index (χ2n) is 8.73. The van der Waals surface area contributed by atoms with Gasteiger partial charge in [-0.15, -0.1) is 0 Å².